The maximum atomic E-state index is 13.0. The van der Waals surface area contributed by atoms with Crippen LogP contribution in [-0.2, 0) is 9.59 Å². The monoisotopic (exact) mass is 398 g/mol. The predicted molar refractivity (Wildman–Crippen MR) is 110 cm³/mol. The first kappa shape index (κ1) is 19.8. The van der Waals surface area contributed by atoms with Crippen LogP contribution in [0.4, 0.5) is 10.1 Å². The van der Waals surface area contributed by atoms with Crippen molar-refractivity contribution in [3.05, 3.63) is 65.5 Å². The molecule has 2 aromatic rings. The second kappa shape index (κ2) is 8.79. The first-order valence-corrected chi connectivity index (χ1v) is 9.51. The van der Waals surface area contributed by atoms with Crippen molar-refractivity contribution < 1.29 is 14.0 Å². The van der Waals surface area contributed by atoms with Crippen molar-refractivity contribution >= 4 is 40.1 Å². The summed E-state index contributed by atoms with van der Waals surface area (Å²) in [5, 5.41) is 13.3. The van der Waals surface area contributed by atoms with Crippen molar-refractivity contribution in [2.75, 3.05) is 5.32 Å². The van der Waals surface area contributed by atoms with Gasteiger partial charge in [0.05, 0.1) is 5.71 Å². The number of anilines is 1. The number of carbonyl (C=O) groups excluding carboxylic acids is 2. The van der Waals surface area contributed by atoms with Gasteiger partial charge in [-0.25, -0.2) is 4.39 Å². The van der Waals surface area contributed by atoms with E-state index >= 15 is 0 Å². The Morgan fingerprint density at radius 1 is 1.18 bits per heavy atom. The van der Waals surface area contributed by atoms with Crippen LogP contribution in [0.1, 0.15) is 24.5 Å². The highest BCUT2D eigenvalue weighted by Crippen LogP contribution is 2.23. The van der Waals surface area contributed by atoms with Crippen molar-refractivity contribution in [3.8, 4) is 0 Å². The van der Waals surface area contributed by atoms with E-state index in [2.05, 4.69) is 20.8 Å². The lowest BCUT2D eigenvalue weighted by Gasteiger charge is -2.07. The molecule has 0 aromatic heterocycles. The Bertz CT molecular complexity index is 940. The highest BCUT2D eigenvalue weighted by atomic mass is 32.2. The zero-order valence-electron chi connectivity index (χ0n) is 15.4. The van der Waals surface area contributed by atoms with Crippen molar-refractivity contribution in [3.63, 3.8) is 0 Å². The van der Waals surface area contributed by atoms with E-state index in [1.807, 2.05) is 31.2 Å². The van der Waals surface area contributed by atoms with Gasteiger partial charge in [0, 0.05) is 12.1 Å². The SMILES string of the molecule is C/C(=N\N=C1\NC(=O)[C@H](CC(=O)Nc2ccc(C)cc2)S1)c1ccc(F)cc1. The molecule has 0 spiro atoms. The number of carbonyl (C=O) groups is 2. The topological polar surface area (TPSA) is 82.9 Å². The van der Waals surface area contributed by atoms with Crippen LogP contribution in [0.2, 0.25) is 0 Å². The number of aryl methyl sites for hydroxylation is 1. The molecule has 2 aromatic carbocycles. The van der Waals surface area contributed by atoms with Crippen molar-refractivity contribution in [2.45, 2.75) is 25.5 Å². The molecule has 6 nitrogen and oxygen atoms in total. The molecule has 0 saturated carbocycles. The zero-order chi connectivity index (χ0) is 20.1. The number of thioether (sulfide) groups is 1. The molecular formula is C20H19FN4O2S. The van der Waals surface area contributed by atoms with Crippen LogP contribution in [0.25, 0.3) is 0 Å². The summed E-state index contributed by atoms with van der Waals surface area (Å²) in [6, 6.07) is 13.3. The maximum absolute atomic E-state index is 13.0. The summed E-state index contributed by atoms with van der Waals surface area (Å²) in [7, 11) is 0. The first-order chi connectivity index (χ1) is 13.4. The summed E-state index contributed by atoms with van der Waals surface area (Å²) in [5.74, 6) is -0.852. The number of nitrogens with zero attached hydrogens (tertiary/aromatic N) is 2. The Morgan fingerprint density at radius 3 is 2.54 bits per heavy atom. The number of amidine groups is 1. The van der Waals surface area contributed by atoms with Gasteiger partial charge >= 0.3 is 0 Å². The Hall–Kier alpha value is -3.00. The maximum Gasteiger partial charge on any atom is 0.240 e. The first-order valence-electron chi connectivity index (χ1n) is 8.63. The van der Waals surface area contributed by atoms with E-state index < -0.39 is 5.25 Å². The largest absolute Gasteiger partial charge is 0.326 e. The summed E-state index contributed by atoms with van der Waals surface area (Å²) in [6.45, 7) is 3.71. The molecule has 2 N–H and O–H groups in total. The highest BCUT2D eigenvalue weighted by Gasteiger charge is 2.32. The van der Waals surface area contributed by atoms with Crippen LogP contribution in [0, 0.1) is 12.7 Å². The molecule has 1 aliphatic rings. The zero-order valence-corrected chi connectivity index (χ0v) is 16.2. The van der Waals surface area contributed by atoms with Crippen LogP contribution < -0.4 is 10.6 Å². The lowest BCUT2D eigenvalue weighted by Crippen LogP contribution is -2.28. The van der Waals surface area contributed by atoms with Gasteiger partial charge in [-0.3, -0.25) is 9.59 Å². The molecule has 28 heavy (non-hydrogen) atoms. The van der Waals surface area contributed by atoms with Crippen molar-refractivity contribution in [1.29, 1.82) is 0 Å². The molecule has 0 bridgehead atoms. The summed E-state index contributed by atoms with van der Waals surface area (Å²) in [4.78, 5) is 24.3. The number of amides is 2. The third-order valence-corrected chi connectivity index (χ3v) is 5.11. The van der Waals surface area contributed by atoms with Gasteiger partial charge in [-0.15, -0.1) is 5.10 Å². The number of nitrogens with one attached hydrogen (secondary N) is 2. The van der Waals surface area contributed by atoms with Crippen molar-refractivity contribution in [2.24, 2.45) is 10.2 Å². The molecule has 2 amide bonds. The van der Waals surface area contributed by atoms with Gasteiger partial charge in [0.2, 0.25) is 11.8 Å². The van der Waals surface area contributed by atoms with E-state index in [0.29, 0.717) is 16.6 Å². The molecule has 8 heteroatoms. The summed E-state index contributed by atoms with van der Waals surface area (Å²) in [6.07, 6.45) is 0.0318. The van der Waals surface area contributed by atoms with Crippen LogP contribution in [-0.4, -0.2) is 27.9 Å². The van der Waals surface area contributed by atoms with Gasteiger partial charge in [-0.05, 0) is 43.7 Å². The lowest BCUT2D eigenvalue weighted by atomic mass is 10.1. The predicted octanol–water partition coefficient (Wildman–Crippen LogP) is 3.47. The summed E-state index contributed by atoms with van der Waals surface area (Å²) in [5.41, 5.74) is 3.10. The fourth-order valence-electron chi connectivity index (χ4n) is 2.47. The average molecular weight is 398 g/mol. The third kappa shape index (κ3) is 5.26. The van der Waals surface area contributed by atoms with Gasteiger partial charge in [0.15, 0.2) is 5.17 Å². The van der Waals surface area contributed by atoms with Crippen LogP contribution in [0.5, 0.6) is 0 Å². The van der Waals surface area contributed by atoms with Gasteiger partial charge in [-0.2, -0.15) is 5.10 Å². The molecule has 1 atom stereocenters. The summed E-state index contributed by atoms with van der Waals surface area (Å²) < 4.78 is 13.0. The highest BCUT2D eigenvalue weighted by molar-refractivity contribution is 8.15. The number of hydrogen-bond acceptors (Lipinski definition) is 5. The summed E-state index contributed by atoms with van der Waals surface area (Å²) >= 11 is 1.16. The molecule has 3 rings (SSSR count). The minimum atomic E-state index is -0.564. The lowest BCUT2D eigenvalue weighted by molar-refractivity contribution is -0.122. The molecule has 0 aliphatic carbocycles. The quantitative estimate of drug-likeness (QED) is 0.598. The Labute approximate surface area is 166 Å². The van der Waals surface area contributed by atoms with Crippen LogP contribution in [0.3, 0.4) is 0 Å². The van der Waals surface area contributed by atoms with Crippen LogP contribution >= 0.6 is 11.8 Å². The molecule has 144 valence electrons. The normalized spacial score (nSPS) is 18.2. The molecule has 0 unspecified atom stereocenters. The number of hydrogen-bond donors (Lipinski definition) is 2. The molecule has 1 fully saturated rings. The van der Waals surface area contributed by atoms with Crippen molar-refractivity contribution in [1.82, 2.24) is 5.32 Å². The van der Waals surface area contributed by atoms with Gasteiger partial charge in [0.1, 0.15) is 11.1 Å². The second-order valence-corrected chi connectivity index (χ2v) is 7.50. The standard InChI is InChI=1S/C20H19FN4O2S/c1-12-3-9-16(10-4-12)22-18(26)11-17-19(27)23-20(28-17)25-24-13(2)14-5-7-15(21)8-6-14/h3-10,17H,11H2,1-2H3,(H,22,26)(H,23,25,27)/b24-13+/t17-/m0/s1. The second-order valence-electron chi connectivity index (χ2n) is 6.31. The van der Waals surface area contributed by atoms with E-state index in [1.165, 1.54) is 12.1 Å². The van der Waals surface area contributed by atoms with E-state index in [4.69, 9.17) is 0 Å². The Balaban J connectivity index is 1.58. The average Bonchev–Trinajstić information content (AvgIpc) is 3.01. The number of rotatable bonds is 5. The van der Waals surface area contributed by atoms with Gasteiger partial charge < -0.3 is 10.6 Å². The molecular weight excluding hydrogens is 379 g/mol. The fourth-order valence-corrected chi connectivity index (χ4v) is 3.39. The Kier molecular flexibility index (Phi) is 6.20. The molecule has 1 aliphatic heterocycles. The van der Waals surface area contributed by atoms with E-state index in [1.54, 1.807) is 19.1 Å². The molecule has 0 radical (unpaired) electrons. The molecule has 1 saturated heterocycles. The molecule has 1 heterocycles. The third-order valence-electron chi connectivity index (χ3n) is 4.04. The fraction of sp³-hybridized carbons (Fsp3) is 0.200. The minimum Gasteiger partial charge on any atom is -0.326 e. The van der Waals surface area contributed by atoms with Gasteiger partial charge in [-0.1, -0.05) is 41.6 Å². The van der Waals surface area contributed by atoms with E-state index in [-0.39, 0.29) is 24.1 Å². The smallest absolute Gasteiger partial charge is 0.240 e. The van der Waals surface area contributed by atoms with E-state index in [0.717, 1.165) is 22.9 Å². The van der Waals surface area contributed by atoms with Crippen LogP contribution in [0.15, 0.2) is 58.7 Å². The van der Waals surface area contributed by atoms with Gasteiger partial charge in [0.25, 0.3) is 0 Å². The minimum absolute atomic E-state index is 0.0318. The number of benzene rings is 2. The number of halogens is 1. The van der Waals surface area contributed by atoms with E-state index in [9.17, 15) is 14.0 Å². The Morgan fingerprint density at radius 2 is 1.86 bits per heavy atom.